The van der Waals surface area contributed by atoms with E-state index in [0.717, 1.165) is 12.1 Å². The van der Waals surface area contributed by atoms with Crippen LogP contribution in [0.5, 0.6) is 5.75 Å². The fraction of sp³-hybridized carbons (Fsp3) is 0.333. The Balaban J connectivity index is 1.66. The van der Waals surface area contributed by atoms with Crippen LogP contribution >= 0.6 is 0 Å². The summed E-state index contributed by atoms with van der Waals surface area (Å²) < 4.78 is 87.0. The molecule has 0 saturated heterocycles. The molecular weight excluding hydrogens is 576 g/mol. The summed E-state index contributed by atoms with van der Waals surface area (Å²) in [5.41, 5.74) is 0.821. The normalized spacial score (nSPS) is 12.9. The molecule has 0 saturated carbocycles. The van der Waals surface area contributed by atoms with Gasteiger partial charge in [0, 0.05) is 39.6 Å². The number of nitrogens with zero attached hydrogens (tertiary/aromatic N) is 1. The van der Waals surface area contributed by atoms with Crippen LogP contribution in [0.15, 0.2) is 59.3 Å². The fourth-order valence-electron chi connectivity index (χ4n) is 4.14. The predicted octanol–water partition coefficient (Wildman–Crippen LogP) is 6.89. The van der Waals surface area contributed by atoms with Gasteiger partial charge in [-0.15, -0.1) is 4.72 Å². The Morgan fingerprint density at radius 2 is 1.86 bits per heavy atom. The minimum absolute atomic E-state index is 0.0547. The van der Waals surface area contributed by atoms with E-state index < -0.39 is 39.6 Å². The minimum Gasteiger partial charge on any atom is -0.598 e. The lowest BCUT2D eigenvalue weighted by Crippen LogP contribution is -2.39. The number of alkyl halides is 3. The highest BCUT2D eigenvalue weighted by molar-refractivity contribution is 7.90. The van der Waals surface area contributed by atoms with Crippen molar-refractivity contribution in [3.05, 3.63) is 83.1 Å². The highest BCUT2D eigenvalue weighted by atomic mass is 32.2. The summed E-state index contributed by atoms with van der Waals surface area (Å²) in [6.45, 7) is 6.86. The van der Waals surface area contributed by atoms with Gasteiger partial charge >= 0.3 is 12.1 Å². The van der Waals surface area contributed by atoms with Gasteiger partial charge in [0.05, 0.1) is 37.1 Å². The van der Waals surface area contributed by atoms with Gasteiger partial charge in [-0.05, 0) is 69.7 Å². The van der Waals surface area contributed by atoms with Gasteiger partial charge in [0.2, 0.25) is 0 Å². The van der Waals surface area contributed by atoms with E-state index in [4.69, 9.17) is 13.9 Å². The molecule has 0 aliphatic heterocycles. The third-order valence-corrected chi connectivity index (χ3v) is 7.74. The minimum atomic E-state index is -4.62. The Morgan fingerprint density at radius 3 is 2.55 bits per heavy atom. The highest BCUT2D eigenvalue weighted by Gasteiger charge is 2.32. The topological polar surface area (TPSA) is 96.7 Å². The van der Waals surface area contributed by atoms with Crippen LogP contribution in [-0.2, 0) is 46.6 Å². The largest absolute Gasteiger partial charge is 0.598 e. The van der Waals surface area contributed by atoms with Crippen LogP contribution in [0.25, 0.3) is 22.1 Å². The monoisotopic (exact) mass is 606 g/mol. The standard InChI is InChI=1S/C30H30F4N2O5S/c1-5-39-26(37)14-19-6-7-21(30(32,33)34)15-25(19)41-17-18-12-20-9-11-40-28(20)23(13-18)22-8-10-35-24(27(22)31)16-36-42(38)29(2,3)4/h6-13,15,36H,5,14,16-17H2,1-4H3. The summed E-state index contributed by atoms with van der Waals surface area (Å²) in [6, 6.07) is 9.40. The van der Waals surface area contributed by atoms with Crippen molar-refractivity contribution < 1.29 is 40.8 Å². The lowest BCUT2D eigenvalue weighted by molar-refractivity contribution is -0.142. The number of nitrogens with one attached hydrogen (secondary N) is 1. The van der Waals surface area contributed by atoms with Crippen molar-refractivity contribution in [3.63, 3.8) is 0 Å². The zero-order valence-corrected chi connectivity index (χ0v) is 24.2. The molecule has 0 aliphatic rings. The van der Waals surface area contributed by atoms with Crippen LogP contribution in [0.2, 0.25) is 0 Å². The molecule has 2 aromatic heterocycles. The first-order chi connectivity index (χ1) is 19.8. The molecule has 1 unspecified atom stereocenters. The van der Waals surface area contributed by atoms with Gasteiger partial charge in [-0.2, -0.15) is 13.2 Å². The van der Waals surface area contributed by atoms with Crippen LogP contribution < -0.4 is 9.46 Å². The molecule has 0 spiro atoms. The number of fused-ring (bicyclic) bond motifs is 1. The Hall–Kier alpha value is -3.61. The Morgan fingerprint density at radius 1 is 1.10 bits per heavy atom. The molecule has 12 heteroatoms. The first-order valence-corrected chi connectivity index (χ1v) is 14.2. The van der Waals surface area contributed by atoms with Gasteiger partial charge in [-0.1, -0.05) is 6.07 Å². The number of pyridine rings is 1. The number of rotatable bonds is 10. The maximum Gasteiger partial charge on any atom is 0.416 e. The number of furan rings is 1. The molecule has 0 bridgehead atoms. The number of hydrogen-bond acceptors (Lipinski definition) is 7. The average Bonchev–Trinajstić information content (AvgIpc) is 3.39. The molecule has 1 N–H and O–H groups in total. The molecule has 4 aromatic rings. The molecule has 0 amide bonds. The van der Waals surface area contributed by atoms with E-state index >= 15 is 4.39 Å². The van der Waals surface area contributed by atoms with Crippen LogP contribution in [0.3, 0.4) is 0 Å². The second-order valence-electron chi connectivity index (χ2n) is 10.4. The van der Waals surface area contributed by atoms with E-state index in [1.165, 1.54) is 24.6 Å². The van der Waals surface area contributed by atoms with Gasteiger partial charge < -0.3 is 18.4 Å². The van der Waals surface area contributed by atoms with E-state index in [0.29, 0.717) is 22.1 Å². The van der Waals surface area contributed by atoms with E-state index in [9.17, 15) is 22.5 Å². The first kappa shape index (κ1) is 31.3. The maximum absolute atomic E-state index is 15.7. The summed E-state index contributed by atoms with van der Waals surface area (Å²) in [5.74, 6) is -1.36. The number of halogens is 4. The third-order valence-electron chi connectivity index (χ3n) is 6.22. The quantitative estimate of drug-likeness (QED) is 0.119. The zero-order chi connectivity index (χ0) is 30.7. The number of aromatic nitrogens is 1. The SMILES string of the molecule is CCOC(=O)Cc1ccc(C(F)(F)F)cc1OCc1cc(-c2ccnc(CN[S+]([O-])C(C)(C)C)c2F)c2occc2c1. The average molecular weight is 607 g/mol. The lowest BCUT2D eigenvalue weighted by Gasteiger charge is -2.23. The summed E-state index contributed by atoms with van der Waals surface area (Å²) in [4.78, 5) is 16.2. The van der Waals surface area contributed by atoms with Gasteiger partial charge in [0.15, 0.2) is 5.82 Å². The number of hydrogen-bond donors (Lipinski definition) is 1. The smallest absolute Gasteiger partial charge is 0.416 e. The summed E-state index contributed by atoms with van der Waals surface area (Å²) in [6.07, 6.45) is -2.02. The molecule has 4 rings (SSSR count). The highest BCUT2D eigenvalue weighted by Crippen LogP contribution is 2.36. The molecule has 0 radical (unpaired) electrons. The van der Waals surface area contributed by atoms with Crippen LogP contribution in [0, 0.1) is 5.82 Å². The zero-order valence-electron chi connectivity index (χ0n) is 23.4. The molecule has 2 heterocycles. The van der Waals surface area contributed by atoms with E-state index in [2.05, 4.69) is 9.71 Å². The van der Waals surface area contributed by atoms with Crippen molar-refractivity contribution in [1.82, 2.24) is 9.71 Å². The van der Waals surface area contributed by atoms with Gasteiger partial charge in [-0.25, -0.2) is 4.39 Å². The molecule has 7 nitrogen and oxygen atoms in total. The molecule has 42 heavy (non-hydrogen) atoms. The molecule has 1 atom stereocenters. The first-order valence-electron chi connectivity index (χ1n) is 13.1. The Bertz CT molecular complexity index is 1570. The fourth-order valence-corrected chi connectivity index (χ4v) is 4.84. The number of ether oxygens (including phenoxy) is 2. The molecule has 0 fully saturated rings. The Labute approximate surface area is 243 Å². The van der Waals surface area contributed by atoms with Crippen molar-refractivity contribution in [2.24, 2.45) is 0 Å². The summed E-state index contributed by atoms with van der Waals surface area (Å²) >= 11 is -1.44. The maximum atomic E-state index is 15.7. The van der Waals surface area contributed by atoms with Crippen LogP contribution in [0.4, 0.5) is 17.6 Å². The number of esters is 1. The van der Waals surface area contributed by atoms with Crippen molar-refractivity contribution in [1.29, 1.82) is 0 Å². The van der Waals surface area contributed by atoms with Crippen molar-refractivity contribution in [2.75, 3.05) is 6.61 Å². The molecule has 2 aromatic carbocycles. The van der Waals surface area contributed by atoms with Crippen LogP contribution in [-0.4, -0.2) is 26.9 Å². The number of benzene rings is 2. The molecule has 0 aliphatic carbocycles. The second-order valence-corrected chi connectivity index (χ2v) is 12.4. The van der Waals surface area contributed by atoms with E-state index in [1.807, 2.05) is 0 Å². The third kappa shape index (κ3) is 7.42. The van der Waals surface area contributed by atoms with E-state index in [1.54, 1.807) is 45.9 Å². The van der Waals surface area contributed by atoms with Crippen molar-refractivity contribution in [3.8, 4) is 16.9 Å². The van der Waals surface area contributed by atoms with Gasteiger partial charge in [-0.3, -0.25) is 9.78 Å². The lowest BCUT2D eigenvalue weighted by atomic mass is 10.00. The predicted molar refractivity (Wildman–Crippen MR) is 150 cm³/mol. The number of carbonyl (C=O) groups is 1. The van der Waals surface area contributed by atoms with Crippen molar-refractivity contribution in [2.45, 2.75) is 58.2 Å². The van der Waals surface area contributed by atoms with Gasteiger partial charge in [0.25, 0.3) is 0 Å². The van der Waals surface area contributed by atoms with Crippen LogP contribution in [0.1, 0.15) is 50.1 Å². The summed E-state index contributed by atoms with van der Waals surface area (Å²) in [5, 5.41) is 0.617. The summed E-state index contributed by atoms with van der Waals surface area (Å²) in [7, 11) is 0. The Kier molecular flexibility index (Phi) is 9.49. The van der Waals surface area contributed by atoms with E-state index in [-0.39, 0.29) is 48.7 Å². The van der Waals surface area contributed by atoms with Crippen molar-refractivity contribution >= 4 is 28.3 Å². The second kappa shape index (κ2) is 12.7. The number of carbonyl (C=O) groups excluding carboxylic acids is 1. The molecular formula is C30H30F4N2O5S. The molecule has 224 valence electrons. The van der Waals surface area contributed by atoms with Gasteiger partial charge in [0.1, 0.15) is 22.7 Å².